The third kappa shape index (κ3) is 2.50. The standard InChI is InChI=1S/C12H11N3S3/c1-16-12-15-9-3-2-8(6-10(9)18-12)14-7-11-13-4-5-17-11/h2-6,14H,7H2,1H3. The number of rotatable bonds is 4. The van der Waals surface area contributed by atoms with Crippen LogP contribution in [0.3, 0.4) is 0 Å². The number of hydrogen-bond acceptors (Lipinski definition) is 6. The summed E-state index contributed by atoms with van der Waals surface area (Å²) >= 11 is 5.09. The molecule has 0 atom stereocenters. The van der Waals surface area contributed by atoms with Gasteiger partial charge in [0.25, 0.3) is 0 Å². The molecular weight excluding hydrogens is 282 g/mol. The number of nitrogens with one attached hydrogen (secondary N) is 1. The van der Waals surface area contributed by atoms with Gasteiger partial charge in [0.1, 0.15) is 5.01 Å². The highest BCUT2D eigenvalue weighted by atomic mass is 32.2. The molecule has 1 aromatic carbocycles. The molecule has 0 bridgehead atoms. The monoisotopic (exact) mass is 293 g/mol. The highest BCUT2D eigenvalue weighted by molar-refractivity contribution is 8.00. The number of anilines is 1. The van der Waals surface area contributed by atoms with E-state index >= 15 is 0 Å². The molecule has 0 aliphatic rings. The first-order valence-electron chi connectivity index (χ1n) is 5.42. The van der Waals surface area contributed by atoms with Crippen molar-refractivity contribution in [2.75, 3.05) is 11.6 Å². The first-order valence-corrected chi connectivity index (χ1v) is 8.34. The Kier molecular flexibility index (Phi) is 3.49. The second kappa shape index (κ2) is 5.26. The SMILES string of the molecule is CSc1nc2ccc(NCc3nccs3)cc2s1. The molecule has 0 saturated carbocycles. The van der Waals surface area contributed by atoms with Crippen molar-refractivity contribution in [2.24, 2.45) is 0 Å². The Hall–Kier alpha value is -1.11. The molecule has 3 nitrogen and oxygen atoms in total. The van der Waals surface area contributed by atoms with Crippen molar-refractivity contribution < 1.29 is 0 Å². The third-order valence-electron chi connectivity index (χ3n) is 2.47. The topological polar surface area (TPSA) is 37.8 Å². The van der Waals surface area contributed by atoms with Gasteiger partial charge in [0.05, 0.1) is 16.8 Å². The molecule has 0 unspecified atom stereocenters. The van der Waals surface area contributed by atoms with E-state index in [-0.39, 0.29) is 0 Å². The summed E-state index contributed by atoms with van der Waals surface area (Å²) in [5, 5.41) is 6.48. The van der Waals surface area contributed by atoms with Crippen LogP contribution in [-0.4, -0.2) is 16.2 Å². The molecule has 0 fully saturated rings. The fraction of sp³-hybridized carbons (Fsp3) is 0.167. The van der Waals surface area contributed by atoms with Gasteiger partial charge in [-0.15, -0.1) is 22.7 Å². The quantitative estimate of drug-likeness (QED) is 0.735. The molecule has 0 radical (unpaired) electrons. The Balaban J connectivity index is 1.80. The molecule has 2 heterocycles. The van der Waals surface area contributed by atoms with Crippen molar-refractivity contribution in [3.05, 3.63) is 34.8 Å². The zero-order valence-electron chi connectivity index (χ0n) is 9.71. The highest BCUT2D eigenvalue weighted by Gasteiger charge is 2.04. The Labute approximate surface area is 117 Å². The maximum atomic E-state index is 4.53. The van der Waals surface area contributed by atoms with Gasteiger partial charge < -0.3 is 5.32 Å². The average Bonchev–Trinajstić information content (AvgIpc) is 3.04. The molecule has 3 rings (SSSR count). The van der Waals surface area contributed by atoms with E-state index in [0.717, 1.165) is 27.1 Å². The van der Waals surface area contributed by atoms with Gasteiger partial charge in [-0.1, -0.05) is 11.8 Å². The first kappa shape index (κ1) is 12.0. The lowest BCUT2D eigenvalue weighted by atomic mass is 10.3. The van der Waals surface area contributed by atoms with Crippen LogP contribution in [0.5, 0.6) is 0 Å². The predicted molar refractivity (Wildman–Crippen MR) is 80.8 cm³/mol. The second-order valence-corrected chi connectivity index (χ2v) is 6.71. The number of aromatic nitrogens is 2. The Bertz CT molecular complexity index is 646. The minimum atomic E-state index is 0.775. The summed E-state index contributed by atoms with van der Waals surface area (Å²) in [7, 11) is 0. The van der Waals surface area contributed by atoms with E-state index in [1.807, 2.05) is 11.6 Å². The molecule has 18 heavy (non-hydrogen) atoms. The summed E-state index contributed by atoms with van der Waals surface area (Å²) in [6.07, 6.45) is 3.89. The van der Waals surface area contributed by atoms with Crippen molar-refractivity contribution in [1.29, 1.82) is 0 Å². The largest absolute Gasteiger partial charge is 0.378 e. The number of benzene rings is 1. The highest BCUT2D eigenvalue weighted by Crippen LogP contribution is 2.30. The summed E-state index contributed by atoms with van der Waals surface area (Å²) in [5.74, 6) is 0. The van der Waals surface area contributed by atoms with Crippen LogP contribution < -0.4 is 5.32 Å². The van der Waals surface area contributed by atoms with E-state index < -0.39 is 0 Å². The maximum Gasteiger partial charge on any atom is 0.150 e. The third-order valence-corrected chi connectivity index (χ3v) is 5.25. The number of fused-ring (bicyclic) bond motifs is 1. The molecule has 0 saturated heterocycles. The number of thioether (sulfide) groups is 1. The predicted octanol–water partition coefficient (Wildman–Crippen LogP) is 4.09. The van der Waals surface area contributed by atoms with E-state index in [4.69, 9.17) is 0 Å². The minimum Gasteiger partial charge on any atom is -0.378 e. The van der Waals surface area contributed by atoms with Crippen LogP contribution in [0.15, 0.2) is 34.1 Å². The second-order valence-electron chi connectivity index (χ2n) is 3.65. The van der Waals surface area contributed by atoms with Crippen LogP contribution in [0.1, 0.15) is 5.01 Å². The van der Waals surface area contributed by atoms with Crippen molar-refractivity contribution in [1.82, 2.24) is 9.97 Å². The Morgan fingerprint density at radius 1 is 1.39 bits per heavy atom. The summed E-state index contributed by atoms with van der Waals surface area (Å²) in [5.41, 5.74) is 2.19. The summed E-state index contributed by atoms with van der Waals surface area (Å²) in [6.45, 7) is 0.775. The molecule has 2 aromatic heterocycles. The Morgan fingerprint density at radius 3 is 3.11 bits per heavy atom. The number of thiazole rings is 2. The van der Waals surface area contributed by atoms with Crippen LogP contribution in [0.4, 0.5) is 5.69 Å². The van der Waals surface area contributed by atoms with Crippen LogP contribution in [-0.2, 0) is 6.54 Å². The molecular formula is C12H11N3S3. The summed E-state index contributed by atoms with van der Waals surface area (Å²) in [4.78, 5) is 8.78. The fourth-order valence-electron chi connectivity index (χ4n) is 1.62. The van der Waals surface area contributed by atoms with Crippen molar-refractivity contribution in [3.8, 4) is 0 Å². The van der Waals surface area contributed by atoms with Crippen molar-refractivity contribution in [3.63, 3.8) is 0 Å². The van der Waals surface area contributed by atoms with Crippen LogP contribution in [0.25, 0.3) is 10.2 Å². The van der Waals surface area contributed by atoms with Crippen molar-refractivity contribution >= 4 is 50.3 Å². The normalized spacial score (nSPS) is 10.9. The summed E-state index contributed by atoms with van der Waals surface area (Å²) < 4.78 is 2.34. The molecule has 6 heteroatoms. The molecule has 92 valence electrons. The van der Waals surface area contributed by atoms with Gasteiger partial charge in [0.2, 0.25) is 0 Å². The van der Waals surface area contributed by atoms with Crippen molar-refractivity contribution in [2.45, 2.75) is 10.9 Å². The van der Waals surface area contributed by atoms with E-state index in [1.165, 1.54) is 4.70 Å². The Morgan fingerprint density at radius 2 is 2.33 bits per heavy atom. The van der Waals surface area contributed by atoms with Crippen LogP contribution >= 0.6 is 34.4 Å². The number of nitrogens with zero attached hydrogens (tertiary/aromatic N) is 2. The lowest BCUT2D eigenvalue weighted by Crippen LogP contribution is -1.98. The fourth-order valence-corrected chi connectivity index (χ4v) is 3.70. The molecule has 0 amide bonds. The molecule has 1 N–H and O–H groups in total. The van der Waals surface area contributed by atoms with E-state index in [0.29, 0.717) is 0 Å². The smallest absolute Gasteiger partial charge is 0.150 e. The zero-order valence-corrected chi connectivity index (χ0v) is 12.2. The lowest BCUT2D eigenvalue weighted by Gasteiger charge is -2.03. The van der Waals surface area contributed by atoms with Crippen LogP contribution in [0.2, 0.25) is 0 Å². The maximum absolute atomic E-state index is 4.53. The van der Waals surface area contributed by atoms with Gasteiger partial charge in [-0.25, -0.2) is 9.97 Å². The van der Waals surface area contributed by atoms with Gasteiger partial charge in [0.15, 0.2) is 4.34 Å². The molecule has 0 aliphatic heterocycles. The van der Waals surface area contributed by atoms with E-state index in [9.17, 15) is 0 Å². The number of hydrogen-bond donors (Lipinski definition) is 1. The zero-order chi connectivity index (χ0) is 12.4. The van der Waals surface area contributed by atoms with Gasteiger partial charge in [-0.2, -0.15) is 0 Å². The van der Waals surface area contributed by atoms with E-state index in [1.54, 1.807) is 34.4 Å². The molecule has 3 aromatic rings. The van der Waals surface area contributed by atoms with Crippen LogP contribution in [0, 0.1) is 0 Å². The van der Waals surface area contributed by atoms with Gasteiger partial charge in [-0.05, 0) is 24.5 Å². The van der Waals surface area contributed by atoms with E-state index in [2.05, 4.69) is 39.7 Å². The van der Waals surface area contributed by atoms with Gasteiger partial charge >= 0.3 is 0 Å². The van der Waals surface area contributed by atoms with Gasteiger partial charge in [-0.3, -0.25) is 0 Å². The molecule has 0 spiro atoms. The summed E-state index contributed by atoms with van der Waals surface area (Å²) in [6, 6.07) is 6.29. The first-order chi connectivity index (χ1) is 8.85. The minimum absolute atomic E-state index is 0.775. The average molecular weight is 293 g/mol. The van der Waals surface area contributed by atoms with Gasteiger partial charge in [0, 0.05) is 17.3 Å². The molecule has 0 aliphatic carbocycles. The lowest BCUT2D eigenvalue weighted by molar-refractivity contribution is 1.10.